The van der Waals surface area contributed by atoms with Gasteiger partial charge < -0.3 is 14.4 Å². The van der Waals surface area contributed by atoms with Crippen molar-refractivity contribution in [2.24, 2.45) is 16.7 Å². The summed E-state index contributed by atoms with van der Waals surface area (Å²) in [6.07, 6.45) is 5.09. The van der Waals surface area contributed by atoms with E-state index in [-0.39, 0.29) is 5.41 Å². The average Bonchev–Trinajstić information content (AvgIpc) is 3.23. The number of thiazole rings is 1. The minimum Gasteiger partial charge on any atom is -0.381 e. The molecule has 0 N–H and O–H groups in total. The predicted octanol–water partition coefficient (Wildman–Crippen LogP) is 4.13. The normalized spacial score (nSPS) is 27.1. The Balaban J connectivity index is 1.05. The number of hydrogen-bond donors (Lipinski definition) is 0. The Bertz CT molecular complexity index is 1270. The molecule has 0 bridgehead atoms. The molecule has 3 aliphatic heterocycles. The maximum Gasteiger partial charge on any atom is 0.175 e. The van der Waals surface area contributed by atoms with Crippen LogP contribution in [-0.2, 0) is 16.1 Å². The van der Waals surface area contributed by atoms with E-state index < -0.39 is 0 Å². The van der Waals surface area contributed by atoms with Crippen LogP contribution in [0.15, 0.2) is 30.0 Å². The van der Waals surface area contributed by atoms with Crippen LogP contribution in [0.3, 0.4) is 0 Å². The quantitative estimate of drug-likeness (QED) is 0.460. The number of pyridine rings is 1. The highest BCUT2D eigenvalue weighted by atomic mass is 32.1. The van der Waals surface area contributed by atoms with Crippen molar-refractivity contribution in [1.29, 1.82) is 0 Å². The van der Waals surface area contributed by atoms with Gasteiger partial charge in [-0.15, -0.1) is 11.3 Å². The molecule has 1 saturated carbocycles. The molecule has 6 heterocycles. The van der Waals surface area contributed by atoms with Crippen molar-refractivity contribution < 1.29 is 9.47 Å². The Morgan fingerprint density at radius 1 is 1.11 bits per heavy atom. The van der Waals surface area contributed by atoms with Gasteiger partial charge in [-0.25, -0.2) is 15.0 Å². The number of nitrogens with zero attached hydrogens (tertiary/aromatic N) is 6. The van der Waals surface area contributed by atoms with Crippen LogP contribution in [0.5, 0.6) is 0 Å². The highest BCUT2D eigenvalue weighted by Crippen LogP contribution is 2.55. The summed E-state index contributed by atoms with van der Waals surface area (Å²) in [5.41, 5.74) is 5.61. The topological polar surface area (TPSA) is 76.5 Å². The summed E-state index contributed by atoms with van der Waals surface area (Å²) in [7, 11) is 0. The van der Waals surface area contributed by atoms with Gasteiger partial charge >= 0.3 is 0 Å². The van der Waals surface area contributed by atoms with Gasteiger partial charge in [0, 0.05) is 68.4 Å². The van der Waals surface area contributed by atoms with E-state index >= 15 is 0 Å². The molecule has 3 aromatic heterocycles. The molecule has 37 heavy (non-hydrogen) atoms. The van der Waals surface area contributed by atoms with E-state index in [0.717, 1.165) is 86.7 Å². The van der Waals surface area contributed by atoms with Gasteiger partial charge in [-0.05, 0) is 36.8 Å². The smallest absolute Gasteiger partial charge is 0.175 e. The molecule has 1 spiro atoms. The van der Waals surface area contributed by atoms with Crippen LogP contribution in [0.25, 0.3) is 10.3 Å². The van der Waals surface area contributed by atoms with Crippen molar-refractivity contribution in [2.45, 2.75) is 51.7 Å². The molecule has 0 aromatic carbocycles. The van der Waals surface area contributed by atoms with Crippen molar-refractivity contribution in [3.63, 3.8) is 0 Å². The van der Waals surface area contributed by atoms with Crippen LogP contribution >= 0.6 is 11.3 Å². The van der Waals surface area contributed by atoms with Gasteiger partial charge in [-0.1, -0.05) is 19.9 Å². The molecule has 4 fully saturated rings. The molecule has 0 amide bonds. The van der Waals surface area contributed by atoms with Crippen LogP contribution in [0, 0.1) is 16.7 Å². The van der Waals surface area contributed by atoms with Crippen LogP contribution in [-0.4, -0.2) is 76.9 Å². The first-order chi connectivity index (χ1) is 18.0. The lowest BCUT2D eigenvalue weighted by Crippen LogP contribution is -2.62. The molecule has 2 atom stereocenters. The zero-order valence-electron chi connectivity index (χ0n) is 21.8. The third-order valence-electron chi connectivity index (χ3n) is 9.20. The summed E-state index contributed by atoms with van der Waals surface area (Å²) >= 11 is 1.64. The largest absolute Gasteiger partial charge is 0.381 e. The minimum absolute atomic E-state index is 0.248. The van der Waals surface area contributed by atoms with Crippen LogP contribution in [0.2, 0.25) is 0 Å². The standard InChI is InChI=1S/C28H36N6O2S/c1-27(2)10-23(27)34-15-28(16-34)14-33(26-24-25(29-17-30-26)31-18-37-24)11-20(28)12-36-13-21-4-3-5-22(32-21)19-6-8-35-9-7-19/h3-5,17-20,23H,6-16H2,1-2H3. The summed E-state index contributed by atoms with van der Waals surface area (Å²) in [4.78, 5) is 23.6. The molecule has 0 radical (unpaired) electrons. The van der Waals surface area contributed by atoms with E-state index in [1.54, 1.807) is 17.7 Å². The third kappa shape index (κ3) is 4.43. The summed E-state index contributed by atoms with van der Waals surface area (Å²) in [6, 6.07) is 7.12. The predicted molar refractivity (Wildman–Crippen MR) is 144 cm³/mol. The van der Waals surface area contributed by atoms with Crippen LogP contribution < -0.4 is 4.90 Å². The molecule has 3 saturated heterocycles. The monoisotopic (exact) mass is 520 g/mol. The van der Waals surface area contributed by atoms with Gasteiger partial charge in [0.25, 0.3) is 0 Å². The van der Waals surface area contributed by atoms with Gasteiger partial charge in [0.05, 0.1) is 24.4 Å². The second-order valence-electron chi connectivity index (χ2n) is 12.2. The highest BCUT2D eigenvalue weighted by molar-refractivity contribution is 7.17. The van der Waals surface area contributed by atoms with Crippen LogP contribution in [0.4, 0.5) is 5.82 Å². The summed E-state index contributed by atoms with van der Waals surface area (Å²) in [5, 5.41) is 0. The molecule has 196 valence electrons. The minimum atomic E-state index is 0.248. The maximum atomic E-state index is 6.41. The Morgan fingerprint density at radius 3 is 2.76 bits per heavy atom. The first-order valence-electron chi connectivity index (χ1n) is 13.7. The maximum absolute atomic E-state index is 6.41. The Labute approximate surface area is 222 Å². The number of fused-ring (bicyclic) bond motifs is 1. The van der Waals surface area contributed by atoms with E-state index in [1.807, 2.05) is 5.51 Å². The molecule has 7 rings (SSSR count). The van der Waals surface area contributed by atoms with Crippen molar-refractivity contribution in [3.8, 4) is 0 Å². The first-order valence-corrected chi connectivity index (χ1v) is 14.5. The summed E-state index contributed by atoms with van der Waals surface area (Å²) in [5.74, 6) is 2.00. The fourth-order valence-electron chi connectivity index (χ4n) is 6.84. The summed E-state index contributed by atoms with van der Waals surface area (Å²) in [6.45, 7) is 12.1. The van der Waals surface area contributed by atoms with Crippen molar-refractivity contribution in [1.82, 2.24) is 24.8 Å². The van der Waals surface area contributed by atoms with Gasteiger partial charge in [-0.2, -0.15) is 0 Å². The van der Waals surface area contributed by atoms with Gasteiger partial charge in [-0.3, -0.25) is 9.88 Å². The van der Waals surface area contributed by atoms with Crippen LogP contribution in [0.1, 0.15) is 50.4 Å². The van der Waals surface area contributed by atoms with Gasteiger partial charge in [0.2, 0.25) is 0 Å². The molecule has 3 aromatic rings. The fraction of sp³-hybridized carbons (Fsp3) is 0.643. The molecule has 4 aliphatic rings. The van der Waals surface area contributed by atoms with Gasteiger partial charge in [0.1, 0.15) is 11.0 Å². The molecule has 9 heteroatoms. The van der Waals surface area contributed by atoms with E-state index in [2.05, 4.69) is 51.8 Å². The van der Waals surface area contributed by atoms with E-state index in [0.29, 0.717) is 23.9 Å². The van der Waals surface area contributed by atoms with E-state index in [4.69, 9.17) is 19.4 Å². The number of ether oxygens (including phenoxy) is 2. The lowest BCUT2D eigenvalue weighted by Gasteiger charge is -2.52. The molecular weight excluding hydrogens is 484 g/mol. The number of anilines is 1. The highest BCUT2D eigenvalue weighted by Gasteiger charge is 2.61. The molecule has 1 aliphatic carbocycles. The Kier molecular flexibility index (Phi) is 5.95. The lowest BCUT2D eigenvalue weighted by atomic mass is 9.71. The molecule has 2 unspecified atom stereocenters. The number of likely N-dealkylation sites (tertiary alicyclic amines) is 1. The molecule has 8 nitrogen and oxygen atoms in total. The van der Waals surface area contributed by atoms with E-state index in [9.17, 15) is 0 Å². The number of rotatable bonds is 7. The Hall–Kier alpha value is -2.20. The fourth-order valence-corrected chi connectivity index (χ4v) is 7.60. The van der Waals surface area contributed by atoms with E-state index in [1.165, 1.54) is 12.1 Å². The number of aromatic nitrogens is 4. The average molecular weight is 521 g/mol. The first kappa shape index (κ1) is 23.9. The SMILES string of the molecule is CC1(C)CC1N1CC2(CN(c3ncnc4ncsc34)CC2COCc2cccc(C3CCOCC3)n2)C1. The van der Waals surface area contributed by atoms with Crippen molar-refractivity contribution >= 4 is 27.5 Å². The van der Waals surface area contributed by atoms with Gasteiger partial charge in [0.15, 0.2) is 11.5 Å². The third-order valence-corrected chi connectivity index (χ3v) is 10.0. The lowest BCUT2D eigenvalue weighted by molar-refractivity contribution is -0.0576. The zero-order chi connectivity index (χ0) is 25.0. The van der Waals surface area contributed by atoms with Crippen molar-refractivity contribution in [2.75, 3.05) is 50.9 Å². The van der Waals surface area contributed by atoms with Crippen molar-refractivity contribution in [3.05, 3.63) is 41.4 Å². The second-order valence-corrected chi connectivity index (χ2v) is 13.1. The number of hydrogen-bond acceptors (Lipinski definition) is 9. The second kappa shape index (κ2) is 9.22. The zero-order valence-corrected chi connectivity index (χ0v) is 22.6. The molecular formula is C28H36N6O2S. The summed E-state index contributed by atoms with van der Waals surface area (Å²) < 4.78 is 13.0. The Morgan fingerprint density at radius 2 is 1.95 bits per heavy atom.